The van der Waals surface area contributed by atoms with Crippen LogP contribution in [0.15, 0.2) is 18.2 Å². The largest absolute Gasteiger partial charge is 0.291 e. The number of nitrogens with zero attached hydrogens (tertiary/aromatic N) is 1. The Morgan fingerprint density at radius 3 is 3.07 bits per heavy atom. The van der Waals surface area contributed by atoms with Gasteiger partial charge in [-0.15, -0.1) is 11.3 Å². The Hall–Kier alpha value is -0.740. The van der Waals surface area contributed by atoms with Crippen molar-refractivity contribution >= 4 is 43.3 Å². The van der Waals surface area contributed by atoms with Crippen molar-refractivity contribution in [2.75, 3.05) is 5.33 Å². The zero-order valence-electron chi connectivity index (χ0n) is 7.58. The van der Waals surface area contributed by atoms with Gasteiger partial charge in [-0.2, -0.15) is 0 Å². The van der Waals surface area contributed by atoms with Crippen LogP contribution in [-0.2, 0) is 0 Å². The molecule has 0 saturated heterocycles. The molecule has 0 bridgehead atoms. The molecule has 0 atom stereocenters. The Morgan fingerprint density at radius 1 is 1.57 bits per heavy atom. The number of rotatable bonds is 2. The molecule has 0 radical (unpaired) electrons. The van der Waals surface area contributed by atoms with Gasteiger partial charge in [0.2, 0.25) is 5.78 Å². The van der Waals surface area contributed by atoms with Gasteiger partial charge in [0.25, 0.3) is 0 Å². The zero-order chi connectivity index (χ0) is 10.1. The minimum atomic E-state index is 0.0452. The van der Waals surface area contributed by atoms with Crippen molar-refractivity contribution in [2.24, 2.45) is 0 Å². The third-order valence-electron chi connectivity index (χ3n) is 1.90. The molecule has 2 rings (SSSR count). The Bertz CT molecular complexity index is 492. The summed E-state index contributed by atoms with van der Waals surface area (Å²) in [4.78, 5) is 15.6. The highest BCUT2D eigenvalue weighted by molar-refractivity contribution is 9.09. The monoisotopic (exact) mass is 269 g/mol. The lowest BCUT2D eigenvalue weighted by Crippen LogP contribution is -1.97. The fraction of sp³-hybridized carbons (Fsp3) is 0.200. The van der Waals surface area contributed by atoms with E-state index >= 15 is 0 Å². The quantitative estimate of drug-likeness (QED) is 0.619. The number of carbonyl (C=O) groups excluding carboxylic acids is 1. The first-order valence-electron chi connectivity index (χ1n) is 4.17. The summed E-state index contributed by atoms with van der Waals surface area (Å²) in [7, 11) is 0. The van der Waals surface area contributed by atoms with Gasteiger partial charge in [-0.1, -0.05) is 22.0 Å². The summed E-state index contributed by atoms with van der Waals surface area (Å²) in [6, 6.07) is 6.01. The first-order valence-corrected chi connectivity index (χ1v) is 6.11. The van der Waals surface area contributed by atoms with Crippen LogP contribution in [0, 0.1) is 6.92 Å². The number of hydrogen-bond donors (Lipinski definition) is 0. The Labute approximate surface area is 94.1 Å². The number of aryl methyl sites for hydroxylation is 1. The predicted molar refractivity (Wildman–Crippen MR) is 62.5 cm³/mol. The number of benzene rings is 1. The summed E-state index contributed by atoms with van der Waals surface area (Å²) in [6.07, 6.45) is 0. The molecule has 0 spiro atoms. The summed E-state index contributed by atoms with van der Waals surface area (Å²) in [5.41, 5.74) is 2.10. The summed E-state index contributed by atoms with van der Waals surface area (Å²) in [5.74, 6) is 0.0452. The van der Waals surface area contributed by atoms with Gasteiger partial charge in [-0.25, -0.2) is 4.98 Å². The number of halogens is 1. The standard InChI is InChI=1S/C10H8BrNOS/c1-6-2-3-7-9(4-6)14-10(12-7)8(13)5-11/h2-4H,5H2,1H3. The van der Waals surface area contributed by atoms with Crippen LogP contribution in [0.4, 0.5) is 0 Å². The van der Waals surface area contributed by atoms with Crippen LogP contribution < -0.4 is 0 Å². The fourth-order valence-corrected chi connectivity index (χ4v) is 2.66. The molecule has 1 heterocycles. The van der Waals surface area contributed by atoms with Gasteiger partial charge in [0.1, 0.15) is 0 Å². The third kappa shape index (κ3) is 1.72. The molecular weight excluding hydrogens is 262 g/mol. The van der Waals surface area contributed by atoms with Gasteiger partial charge in [-0.3, -0.25) is 4.79 Å². The summed E-state index contributed by atoms with van der Waals surface area (Å²) in [5, 5.41) is 0.925. The number of carbonyl (C=O) groups is 1. The Kier molecular flexibility index (Phi) is 2.65. The topological polar surface area (TPSA) is 30.0 Å². The molecule has 0 aliphatic rings. The van der Waals surface area contributed by atoms with Crippen molar-refractivity contribution in [1.82, 2.24) is 4.98 Å². The third-order valence-corrected chi connectivity index (χ3v) is 3.47. The van der Waals surface area contributed by atoms with Gasteiger partial charge in [0.05, 0.1) is 15.5 Å². The van der Waals surface area contributed by atoms with E-state index in [1.165, 1.54) is 16.9 Å². The lowest BCUT2D eigenvalue weighted by Gasteiger charge is -1.88. The second kappa shape index (κ2) is 3.79. The maximum atomic E-state index is 11.4. The number of hydrogen-bond acceptors (Lipinski definition) is 3. The molecule has 14 heavy (non-hydrogen) atoms. The Balaban J connectivity index is 2.56. The number of fused-ring (bicyclic) bond motifs is 1. The SMILES string of the molecule is Cc1ccc2nc(C(=O)CBr)sc2c1. The van der Waals surface area contributed by atoms with Crippen molar-refractivity contribution < 1.29 is 4.79 Å². The van der Waals surface area contributed by atoms with E-state index in [1.54, 1.807) is 0 Å². The van der Waals surface area contributed by atoms with Crippen LogP contribution in [0.1, 0.15) is 15.4 Å². The molecule has 0 amide bonds. The van der Waals surface area contributed by atoms with Crippen LogP contribution in [0.2, 0.25) is 0 Å². The van der Waals surface area contributed by atoms with Gasteiger partial charge in [-0.05, 0) is 24.6 Å². The molecule has 0 aliphatic carbocycles. The van der Waals surface area contributed by atoms with Crippen LogP contribution in [0.3, 0.4) is 0 Å². The highest BCUT2D eigenvalue weighted by atomic mass is 79.9. The highest BCUT2D eigenvalue weighted by Crippen LogP contribution is 2.23. The maximum absolute atomic E-state index is 11.4. The van der Waals surface area contributed by atoms with Crippen LogP contribution in [-0.4, -0.2) is 16.1 Å². The molecule has 0 fully saturated rings. The second-order valence-corrected chi connectivity index (χ2v) is 4.64. The van der Waals surface area contributed by atoms with E-state index in [1.807, 2.05) is 19.1 Å². The maximum Gasteiger partial charge on any atom is 0.201 e. The van der Waals surface area contributed by atoms with Gasteiger partial charge < -0.3 is 0 Å². The van der Waals surface area contributed by atoms with Crippen molar-refractivity contribution in [1.29, 1.82) is 0 Å². The first kappa shape index (κ1) is 9.80. The van der Waals surface area contributed by atoms with Crippen molar-refractivity contribution in [3.63, 3.8) is 0 Å². The molecule has 0 N–H and O–H groups in total. The molecule has 2 aromatic rings. The molecule has 0 saturated carbocycles. The van der Waals surface area contributed by atoms with Crippen molar-refractivity contribution in [2.45, 2.75) is 6.92 Å². The minimum Gasteiger partial charge on any atom is -0.291 e. The minimum absolute atomic E-state index is 0.0452. The number of Topliss-reactive ketones (excluding diaryl/α,β-unsaturated/α-hetero) is 1. The van der Waals surface area contributed by atoms with E-state index in [-0.39, 0.29) is 5.78 Å². The molecule has 1 aromatic heterocycles. The molecular formula is C10H8BrNOS. The molecule has 72 valence electrons. The molecule has 0 aliphatic heterocycles. The Morgan fingerprint density at radius 2 is 2.36 bits per heavy atom. The number of ketones is 1. The average molecular weight is 270 g/mol. The van der Waals surface area contributed by atoms with Crippen LogP contribution in [0.25, 0.3) is 10.2 Å². The molecule has 2 nitrogen and oxygen atoms in total. The van der Waals surface area contributed by atoms with E-state index in [4.69, 9.17) is 0 Å². The highest BCUT2D eigenvalue weighted by Gasteiger charge is 2.10. The van der Waals surface area contributed by atoms with Crippen LogP contribution in [0.5, 0.6) is 0 Å². The predicted octanol–water partition coefficient (Wildman–Crippen LogP) is 3.18. The second-order valence-electron chi connectivity index (χ2n) is 3.05. The van der Waals surface area contributed by atoms with E-state index in [2.05, 4.69) is 27.0 Å². The normalized spacial score (nSPS) is 10.7. The number of alkyl halides is 1. The lowest BCUT2D eigenvalue weighted by molar-refractivity contribution is 0.102. The summed E-state index contributed by atoms with van der Waals surface area (Å²) >= 11 is 4.59. The van der Waals surface area contributed by atoms with Crippen molar-refractivity contribution in [3.05, 3.63) is 28.8 Å². The fourth-order valence-electron chi connectivity index (χ4n) is 1.21. The van der Waals surface area contributed by atoms with Crippen LogP contribution >= 0.6 is 27.3 Å². The van der Waals surface area contributed by atoms with Gasteiger partial charge in [0.15, 0.2) is 5.01 Å². The van der Waals surface area contributed by atoms with Gasteiger partial charge in [0, 0.05) is 0 Å². The van der Waals surface area contributed by atoms with E-state index in [9.17, 15) is 4.79 Å². The number of thiazole rings is 1. The average Bonchev–Trinajstić information content (AvgIpc) is 2.59. The smallest absolute Gasteiger partial charge is 0.201 e. The van der Waals surface area contributed by atoms with E-state index in [0.717, 1.165) is 10.2 Å². The lowest BCUT2D eigenvalue weighted by atomic mass is 10.2. The zero-order valence-corrected chi connectivity index (χ0v) is 9.98. The number of aromatic nitrogens is 1. The van der Waals surface area contributed by atoms with E-state index in [0.29, 0.717) is 10.3 Å². The first-order chi connectivity index (χ1) is 6.70. The van der Waals surface area contributed by atoms with Crippen molar-refractivity contribution in [3.8, 4) is 0 Å². The van der Waals surface area contributed by atoms with E-state index < -0.39 is 0 Å². The van der Waals surface area contributed by atoms with Gasteiger partial charge >= 0.3 is 0 Å². The molecule has 1 aromatic carbocycles. The summed E-state index contributed by atoms with van der Waals surface area (Å²) < 4.78 is 1.08. The molecule has 4 heteroatoms. The summed E-state index contributed by atoms with van der Waals surface area (Å²) in [6.45, 7) is 2.03. The molecule has 0 unspecified atom stereocenters.